The summed E-state index contributed by atoms with van der Waals surface area (Å²) in [5.74, 6) is 0. The van der Waals surface area contributed by atoms with E-state index in [2.05, 4.69) is 50.8 Å². The van der Waals surface area contributed by atoms with Crippen LogP contribution in [0.3, 0.4) is 0 Å². The molecule has 0 spiro atoms. The highest BCUT2D eigenvalue weighted by Crippen LogP contribution is 2.25. The molecule has 0 aliphatic heterocycles. The van der Waals surface area contributed by atoms with Gasteiger partial charge in [-0.25, -0.2) is 0 Å². The van der Waals surface area contributed by atoms with Gasteiger partial charge >= 0.3 is 0 Å². The molecular weight excluding hydrogens is 180 g/mol. The maximum absolute atomic E-state index is 3.81. The highest BCUT2D eigenvalue weighted by Gasteiger charge is 2.04. The molecule has 0 N–H and O–H groups in total. The molecule has 76 valence electrons. The SMILES string of the molecule is C=CCc1cc2ccccc2c(C)c1C. The van der Waals surface area contributed by atoms with Gasteiger partial charge in [-0.3, -0.25) is 0 Å². The quantitative estimate of drug-likeness (QED) is 0.632. The Hall–Kier alpha value is -1.56. The molecular formula is C15H16. The Morgan fingerprint density at radius 3 is 2.60 bits per heavy atom. The van der Waals surface area contributed by atoms with Gasteiger partial charge in [0.1, 0.15) is 0 Å². The molecule has 2 aromatic rings. The van der Waals surface area contributed by atoms with Crippen molar-refractivity contribution in [1.82, 2.24) is 0 Å². The van der Waals surface area contributed by atoms with E-state index in [0.29, 0.717) is 0 Å². The molecule has 0 heterocycles. The molecule has 2 rings (SSSR count). The van der Waals surface area contributed by atoms with Crippen molar-refractivity contribution in [2.24, 2.45) is 0 Å². The largest absolute Gasteiger partial charge is 0.103 e. The van der Waals surface area contributed by atoms with E-state index in [9.17, 15) is 0 Å². The first-order valence-corrected chi connectivity index (χ1v) is 5.32. The van der Waals surface area contributed by atoms with Crippen molar-refractivity contribution in [3.05, 3.63) is 59.7 Å². The lowest BCUT2D eigenvalue weighted by Gasteiger charge is -2.10. The lowest BCUT2D eigenvalue weighted by Crippen LogP contribution is -1.92. The van der Waals surface area contributed by atoms with E-state index in [4.69, 9.17) is 0 Å². The number of rotatable bonds is 2. The van der Waals surface area contributed by atoms with E-state index in [-0.39, 0.29) is 0 Å². The van der Waals surface area contributed by atoms with Crippen LogP contribution in [0, 0.1) is 13.8 Å². The normalized spacial score (nSPS) is 10.5. The summed E-state index contributed by atoms with van der Waals surface area (Å²) >= 11 is 0. The average molecular weight is 196 g/mol. The van der Waals surface area contributed by atoms with Crippen molar-refractivity contribution < 1.29 is 0 Å². The van der Waals surface area contributed by atoms with E-state index in [1.807, 2.05) is 6.08 Å². The Balaban J connectivity index is 2.76. The Morgan fingerprint density at radius 1 is 1.13 bits per heavy atom. The van der Waals surface area contributed by atoms with Gasteiger partial charge < -0.3 is 0 Å². The van der Waals surface area contributed by atoms with Crippen LogP contribution in [-0.2, 0) is 6.42 Å². The molecule has 0 nitrogen and oxygen atoms in total. The highest BCUT2D eigenvalue weighted by atomic mass is 14.1. The van der Waals surface area contributed by atoms with Crippen molar-refractivity contribution in [3.8, 4) is 0 Å². The van der Waals surface area contributed by atoms with Gasteiger partial charge in [0.2, 0.25) is 0 Å². The van der Waals surface area contributed by atoms with E-state index < -0.39 is 0 Å². The number of allylic oxidation sites excluding steroid dienone is 1. The lowest BCUT2D eigenvalue weighted by molar-refractivity contribution is 1.20. The molecule has 0 saturated heterocycles. The molecule has 0 saturated carbocycles. The zero-order valence-electron chi connectivity index (χ0n) is 9.38. The van der Waals surface area contributed by atoms with E-state index in [1.165, 1.54) is 27.5 Å². The summed E-state index contributed by atoms with van der Waals surface area (Å²) in [6.45, 7) is 8.20. The lowest BCUT2D eigenvalue weighted by atomic mass is 9.94. The molecule has 0 heteroatoms. The van der Waals surface area contributed by atoms with Crippen LogP contribution in [0.2, 0.25) is 0 Å². The van der Waals surface area contributed by atoms with Crippen LogP contribution in [0.25, 0.3) is 10.8 Å². The van der Waals surface area contributed by atoms with E-state index >= 15 is 0 Å². The Kier molecular flexibility index (Phi) is 2.59. The zero-order chi connectivity index (χ0) is 10.8. The molecule has 0 fully saturated rings. The predicted octanol–water partition coefficient (Wildman–Crippen LogP) is 4.19. The number of hydrogen-bond donors (Lipinski definition) is 0. The molecule has 0 atom stereocenters. The Morgan fingerprint density at radius 2 is 1.87 bits per heavy atom. The maximum atomic E-state index is 3.81. The molecule has 2 aromatic carbocycles. The minimum Gasteiger partial charge on any atom is -0.103 e. The van der Waals surface area contributed by atoms with Gasteiger partial charge in [-0.15, -0.1) is 6.58 Å². The van der Waals surface area contributed by atoms with Gasteiger partial charge in [0.15, 0.2) is 0 Å². The fraction of sp³-hybridized carbons (Fsp3) is 0.200. The Labute approximate surface area is 91.2 Å². The predicted molar refractivity (Wildman–Crippen MR) is 67.3 cm³/mol. The summed E-state index contributed by atoms with van der Waals surface area (Å²) in [6.07, 6.45) is 2.92. The van der Waals surface area contributed by atoms with Gasteiger partial charge in [0.25, 0.3) is 0 Å². The first-order valence-electron chi connectivity index (χ1n) is 5.32. The van der Waals surface area contributed by atoms with E-state index in [1.54, 1.807) is 0 Å². The van der Waals surface area contributed by atoms with Crippen LogP contribution >= 0.6 is 0 Å². The molecule has 0 amide bonds. The highest BCUT2D eigenvalue weighted by molar-refractivity contribution is 5.87. The molecule has 0 radical (unpaired) electrons. The fourth-order valence-electron chi connectivity index (χ4n) is 2.07. The summed E-state index contributed by atoms with van der Waals surface area (Å²) in [6, 6.07) is 10.8. The first kappa shape index (κ1) is 9.97. The standard InChI is InChI=1S/C15H16/c1-4-7-13-10-14-8-5-6-9-15(14)12(3)11(13)2/h4-6,8-10H,1,7H2,2-3H3. The summed E-state index contributed by atoms with van der Waals surface area (Å²) in [5, 5.41) is 2.69. The maximum Gasteiger partial charge on any atom is -0.00972 e. The summed E-state index contributed by atoms with van der Waals surface area (Å²) < 4.78 is 0. The summed E-state index contributed by atoms with van der Waals surface area (Å²) in [7, 11) is 0. The summed E-state index contributed by atoms with van der Waals surface area (Å²) in [5.41, 5.74) is 4.18. The minimum absolute atomic E-state index is 0.956. The molecule has 0 aromatic heterocycles. The van der Waals surface area contributed by atoms with Crippen LogP contribution in [-0.4, -0.2) is 0 Å². The molecule has 0 bridgehead atoms. The smallest absolute Gasteiger partial charge is 0.00972 e. The van der Waals surface area contributed by atoms with Gasteiger partial charge in [-0.2, -0.15) is 0 Å². The number of hydrogen-bond acceptors (Lipinski definition) is 0. The summed E-state index contributed by atoms with van der Waals surface area (Å²) in [4.78, 5) is 0. The van der Waals surface area contributed by atoms with Crippen LogP contribution in [0.5, 0.6) is 0 Å². The third-order valence-electron chi connectivity index (χ3n) is 3.10. The third kappa shape index (κ3) is 1.68. The van der Waals surface area contributed by atoms with Gasteiger partial charge in [0, 0.05) is 0 Å². The van der Waals surface area contributed by atoms with Gasteiger partial charge in [0.05, 0.1) is 0 Å². The van der Waals surface area contributed by atoms with Crippen molar-refractivity contribution in [2.45, 2.75) is 20.3 Å². The molecule has 0 aliphatic carbocycles. The average Bonchev–Trinajstić information content (AvgIpc) is 2.26. The van der Waals surface area contributed by atoms with Crippen molar-refractivity contribution >= 4 is 10.8 Å². The monoisotopic (exact) mass is 196 g/mol. The Bertz CT molecular complexity index is 507. The molecule has 0 unspecified atom stereocenters. The van der Waals surface area contributed by atoms with E-state index in [0.717, 1.165) is 6.42 Å². The van der Waals surface area contributed by atoms with Crippen LogP contribution in [0.4, 0.5) is 0 Å². The van der Waals surface area contributed by atoms with Crippen molar-refractivity contribution in [1.29, 1.82) is 0 Å². The van der Waals surface area contributed by atoms with Gasteiger partial charge in [-0.05, 0) is 47.7 Å². The third-order valence-corrected chi connectivity index (χ3v) is 3.10. The second-order valence-electron chi connectivity index (χ2n) is 4.00. The molecule has 15 heavy (non-hydrogen) atoms. The van der Waals surface area contributed by atoms with Gasteiger partial charge in [-0.1, -0.05) is 36.4 Å². The second-order valence-corrected chi connectivity index (χ2v) is 4.00. The topological polar surface area (TPSA) is 0 Å². The fourth-order valence-corrected chi connectivity index (χ4v) is 2.07. The van der Waals surface area contributed by atoms with Crippen molar-refractivity contribution in [2.75, 3.05) is 0 Å². The second kappa shape index (κ2) is 3.90. The minimum atomic E-state index is 0.956. The van der Waals surface area contributed by atoms with Crippen molar-refractivity contribution in [3.63, 3.8) is 0 Å². The molecule has 0 aliphatic rings. The first-order chi connectivity index (χ1) is 7.24. The number of fused-ring (bicyclic) bond motifs is 1. The zero-order valence-corrected chi connectivity index (χ0v) is 9.38. The number of aryl methyl sites for hydroxylation is 1. The number of benzene rings is 2. The van der Waals surface area contributed by atoms with Crippen LogP contribution in [0.1, 0.15) is 16.7 Å². The van der Waals surface area contributed by atoms with Crippen LogP contribution < -0.4 is 0 Å². The van der Waals surface area contributed by atoms with Crippen LogP contribution in [0.15, 0.2) is 43.0 Å².